The zero-order chi connectivity index (χ0) is 17.1. The molecule has 0 unspecified atom stereocenters. The Kier molecular flexibility index (Phi) is 6.44. The predicted octanol–water partition coefficient (Wildman–Crippen LogP) is -2.39. The Hall–Kier alpha value is -1.07. The summed E-state index contributed by atoms with van der Waals surface area (Å²) in [7, 11) is -4.81. The molecule has 5 N–H and O–H groups in total. The Balaban J connectivity index is 2.88. The molecule has 0 radical (unpaired) electrons. The van der Waals surface area contributed by atoms with E-state index in [0.717, 1.165) is 13.8 Å². The maximum absolute atomic E-state index is 11.1. The van der Waals surface area contributed by atoms with Crippen LogP contribution in [0, 0.1) is 0 Å². The van der Waals surface area contributed by atoms with Crippen LogP contribution in [0.25, 0.3) is 0 Å². The number of aliphatic hydroxyl groups excluding tert-OH is 2. The van der Waals surface area contributed by atoms with E-state index in [9.17, 15) is 24.4 Å². The van der Waals surface area contributed by atoms with Crippen molar-refractivity contribution >= 4 is 19.7 Å². The molecule has 1 aliphatic rings. The van der Waals surface area contributed by atoms with Crippen molar-refractivity contribution in [2.75, 3.05) is 6.61 Å². The number of hydrogen-bond acceptors (Lipinski definition) is 8. The minimum atomic E-state index is -4.81. The lowest BCUT2D eigenvalue weighted by atomic mass is 9.96. The van der Waals surface area contributed by atoms with Crippen molar-refractivity contribution in [3.8, 4) is 0 Å². The molecule has 1 aliphatic heterocycles. The molecular weight excluding hydrogens is 325 g/mol. The van der Waals surface area contributed by atoms with Gasteiger partial charge in [0.15, 0.2) is 12.4 Å². The first kappa shape index (κ1) is 19.0. The van der Waals surface area contributed by atoms with Crippen LogP contribution in [-0.4, -0.2) is 69.1 Å². The number of carbonyl (C=O) groups is 2. The number of aliphatic hydroxyl groups is 2. The highest BCUT2D eigenvalue weighted by molar-refractivity contribution is 7.46. The van der Waals surface area contributed by atoms with Crippen LogP contribution >= 0.6 is 7.82 Å². The maximum Gasteiger partial charge on any atom is 0.469 e. The van der Waals surface area contributed by atoms with Gasteiger partial charge in [-0.2, -0.15) is 0 Å². The lowest BCUT2D eigenvalue weighted by Gasteiger charge is -2.42. The lowest BCUT2D eigenvalue weighted by Crippen LogP contribution is -2.65. The molecule has 22 heavy (non-hydrogen) atoms. The van der Waals surface area contributed by atoms with Gasteiger partial charge < -0.3 is 34.8 Å². The highest BCUT2D eigenvalue weighted by Crippen LogP contribution is 2.37. The molecule has 1 saturated heterocycles. The molecule has 0 saturated carbocycles. The summed E-state index contributed by atoms with van der Waals surface area (Å²) in [5.74, 6) is -1.36. The molecule has 0 aromatic carbocycles. The molecule has 5 atom stereocenters. The summed E-state index contributed by atoms with van der Waals surface area (Å²) in [6.45, 7) is 1.44. The second kappa shape index (κ2) is 7.47. The number of carbonyl (C=O) groups excluding carboxylic acids is 2. The third-order valence-corrected chi connectivity index (χ3v) is 3.26. The summed E-state index contributed by atoms with van der Waals surface area (Å²) in [4.78, 5) is 39.5. The summed E-state index contributed by atoms with van der Waals surface area (Å²) in [5.41, 5.74) is 0. The Morgan fingerprint density at radius 2 is 1.86 bits per heavy atom. The summed E-state index contributed by atoms with van der Waals surface area (Å²) in [6, 6.07) is -1.25. The molecule has 0 aromatic heterocycles. The molecule has 11 nitrogen and oxygen atoms in total. The fourth-order valence-corrected chi connectivity index (χ4v) is 2.30. The molecule has 0 aromatic rings. The lowest BCUT2D eigenvalue weighted by molar-refractivity contribution is -0.257. The van der Waals surface area contributed by atoms with Crippen LogP contribution in [0.15, 0.2) is 0 Å². The van der Waals surface area contributed by atoms with Gasteiger partial charge in [-0.1, -0.05) is 0 Å². The SMILES string of the molecule is CC(=O)N[C@H]1[C@@H](OC(C)=O)[C@H](O)[C@@H](COP(=O)(O)O)O[C@@H]1O. The molecule has 12 heteroatoms. The summed E-state index contributed by atoms with van der Waals surface area (Å²) >= 11 is 0. The van der Waals surface area contributed by atoms with Crippen molar-refractivity contribution in [2.24, 2.45) is 0 Å². The first-order valence-electron chi connectivity index (χ1n) is 6.17. The normalized spacial score (nSPS) is 32.4. The smallest absolute Gasteiger partial charge is 0.457 e. The number of esters is 1. The minimum Gasteiger partial charge on any atom is -0.457 e. The maximum atomic E-state index is 11.1. The molecule has 1 rings (SSSR count). The van der Waals surface area contributed by atoms with E-state index in [0.29, 0.717) is 0 Å². The van der Waals surface area contributed by atoms with Gasteiger partial charge in [-0.05, 0) is 0 Å². The van der Waals surface area contributed by atoms with Crippen molar-refractivity contribution in [3.05, 3.63) is 0 Å². The fraction of sp³-hybridized carbons (Fsp3) is 0.800. The van der Waals surface area contributed by atoms with E-state index < -0.39 is 56.9 Å². The van der Waals surface area contributed by atoms with Crippen molar-refractivity contribution < 1.29 is 48.2 Å². The topological polar surface area (TPSA) is 172 Å². The Morgan fingerprint density at radius 3 is 2.32 bits per heavy atom. The van der Waals surface area contributed by atoms with E-state index in [-0.39, 0.29) is 0 Å². The average Bonchev–Trinajstić information content (AvgIpc) is 2.34. The van der Waals surface area contributed by atoms with Crippen LogP contribution in [0.2, 0.25) is 0 Å². The van der Waals surface area contributed by atoms with E-state index in [4.69, 9.17) is 19.3 Å². The highest BCUT2D eigenvalue weighted by Gasteiger charge is 2.47. The molecule has 0 aliphatic carbocycles. The second-order valence-electron chi connectivity index (χ2n) is 4.64. The zero-order valence-electron chi connectivity index (χ0n) is 11.8. The van der Waals surface area contributed by atoms with Gasteiger partial charge in [0.25, 0.3) is 0 Å². The van der Waals surface area contributed by atoms with Gasteiger partial charge in [-0.15, -0.1) is 0 Å². The largest absolute Gasteiger partial charge is 0.469 e. The van der Waals surface area contributed by atoms with E-state index in [1.807, 2.05) is 0 Å². The minimum absolute atomic E-state index is 0.568. The molecule has 1 fully saturated rings. The first-order valence-corrected chi connectivity index (χ1v) is 7.70. The standard InChI is InChI=1S/C10H18NO10P/c1-4(12)11-7-9(20-5(2)13)8(14)6(21-10(7)15)3-19-22(16,17)18/h6-10,14-15H,3H2,1-2H3,(H,11,12)(H2,16,17,18)/t6-,7+,8-,9-,10+/m1/s1. The number of hydrogen-bond donors (Lipinski definition) is 5. The Bertz CT molecular complexity index is 465. The number of ether oxygens (including phenoxy) is 2. The van der Waals surface area contributed by atoms with Crippen LogP contribution in [0.3, 0.4) is 0 Å². The van der Waals surface area contributed by atoms with Crippen LogP contribution in [-0.2, 0) is 28.2 Å². The van der Waals surface area contributed by atoms with Crippen molar-refractivity contribution in [2.45, 2.75) is 44.5 Å². The van der Waals surface area contributed by atoms with E-state index >= 15 is 0 Å². The van der Waals surface area contributed by atoms with Crippen molar-refractivity contribution in [1.82, 2.24) is 5.32 Å². The molecular formula is C10H18NO10P. The van der Waals surface area contributed by atoms with Gasteiger partial charge in [-0.3, -0.25) is 14.1 Å². The van der Waals surface area contributed by atoms with Gasteiger partial charge in [0, 0.05) is 13.8 Å². The predicted molar refractivity (Wildman–Crippen MR) is 68.0 cm³/mol. The van der Waals surface area contributed by atoms with Gasteiger partial charge in [-0.25, -0.2) is 4.57 Å². The van der Waals surface area contributed by atoms with Crippen molar-refractivity contribution in [3.63, 3.8) is 0 Å². The van der Waals surface area contributed by atoms with Crippen molar-refractivity contribution in [1.29, 1.82) is 0 Å². The Labute approximate surface area is 125 Å². The highest BCUT2D eigenvalue weighted by atomic mass is 31.2. The third-order valence-electron chi connectivity index (χ3n) is 2.77. The molecule has 1 amide bonds. The average molecular weight is 343 g/mol. The Morgan fingerprint density at radius 1 is 1.27 bits per heavy atom. The second-order valence-corrected chi connectivity index (χ2v) is 5.88. The summed E-state index contributed by atoms with van der Waals surface area (Å²) in [6.07, 6.45) is -6.02. The molecule has 0 bridgehead atoms. The van der Waals surface area contributed by atoms with Gasteiger partial charge in [0.1, 0.15) is 18.2 Å². The number of rotatable bonds is 5. The van der Waals surface area contributed by atoms with Gasteiger partial charge >= 0.3 is 13.8 Å². The van der Waals surface area contributed by atoms with Crippen LogP contribution in [0.4, 0.5) is 0 Å². The van der Waals surface area contributed by atoms with Crippen LogP contribution in [0.5, 0.6) is 0 Å². The number of nitrogens with one attached hydrogen (secondary N) is 1. The number of amides is 1. The summed E-state index contributed by atoms with van der Waals surface area (Å²) < 4.78 is 24.7. The zero-order valence-corrected chi connectivity index (χ0v) is 12.7. The monoisotopic (exact) mass is 343 g/mol. The molecule has 0 spiro atoms. The van der Waals surface area contributed by atoms with Crippen LogP contribution in [0.1, 0.15) is 13.8 Å². The van der Waals surface area contributed by atoms with E-state index in [2.05, 4.69) is 9.84 Å². The van der Waals surface area contributed by atoms with Crippen LogP contribution < -0.4 is 5.32 Å². The number of phosphoric acid groups is 1. The summed E-state index contributed by atoms with van der Waals surface area (Å²) in [5, 5.41) is 22.2. The third kappa shape index (κ3) is 5.61. The fourth-order valence-electron chi connectivity index (χ4n) is 1.96. The quantitative estimate of drug-likeness (QED) is 0.268. The van der Waals surface area contributed by atoms with Gasteiger partial charge in [0.2, 0.25) is 5.91 Å². The number of phosphoric ester groups is 1. The molecule has 128 valence electrons. The van der Waals surface area contributed by atoms with E-state index in [1.165, 1.54) is 0 Å². The van der Waals surface area contributed by atoms with E-state index in [1.54, 1.807) is 0 Å². The molecule has 1 heterocycles. The van der Waals surface area contributed by atoms with Gasteiger partial charge in [0.05, 0.1) is 6.61 Å². The first-order chi connectivity index (χ1) is 10.0.